The van der Waals surface area contributed by atoms with Crippen molar-refractivity contribution in [2.45, 2.75) is 25.7 Å². The van der Waals surface area contributed by atoms with E-state index in [0.717, 1.165) is 47.9 Å². The SMILES string of the molecule is Clc1ccc2c(c1-n1nccc1-c1cccnc1)CCNCC2.O=C(O)CCC(=O)O. The van der Waals surface area contributed by atoms with Crippen LogP contribution in [0.3, 0.4) is 0 Å². The molecule has 0 saturated heterocycles. The van der Waals surface area contributed by atoms with Gasteiger partial charge >= 0.3 is 11.9 Å². The standard InChI is InChI=1S/C18H17ClN4.C4H6O4/c19-16-4-3-13-5-9-20-10-6-15(13)18(16)23-17(7-11-22-23)14-2-1-8-21-12-14;5-3(6)1-2-4(7)8/h1-4,7-8,11-12,20H,5-6,9-10H2;1-2H2,(H,5,6)(H,7,8). The Morgan fingerprint density at radius 1 is 1.03 bits per heavy atom. The second-order valence-electron chi connectivity index (χ2n) is 6.94. The average molecular weight is 443 g/mol. The van der Waals surface area contributed by atoms with Crippen LogP contribution in [0, 0.1) is 0 Å². The Labute approximate surface area is 184 Å². The van der Waals surface area contributed by atoms with Gasteiger partial charge in [-0.2, -0.15) is 5.10 Å². The predicted molar refractivity (Wildman–Crippen MR) is 117 cm³/mol. The van der Waals surface area contributed by atoms with Gasteiger partial charge in [-0.1, -0.05) is 17.7 Å². The number of aromatic nitrogens is 3. The van der Waals surface area contributed by atoms with Gasteiger partial charge < -0.3 is 15.5 Å². The normalized spacial score (nSPS) is 12.8. The summed E-state index contributed by atoms with van der Waals surface area (Å²) in [6.45, 7) is 1.96. The predicted octanol–water partition coefficient (Wildman–Crippen LogP) is 3.21. The number of hydrogen-bond donors (Lipinski definition) is 3. The van der Waals surface area contributed by atoms with E-state index in [0.29, 0.717) is 0 Å². The highest BCUT2D eigenvalue weighted by atomic mass is 35.5. The second kappa shape index (κ2) is 10.7. The number of rotatable bonds is 5. The van der Waals surface area contributed by atoms with Crippen LogP contribution in [0.5, 0.6) is 0 Å². The lowest BCUT2D eigenvalue weighted by Gasteiger charge is -2.16. The van der Waals surface area contributed by atoms with Gasteiger partial charge in [0.05, 0.1) is 35.4 Å². The molecule has 0 unspecified atom stereocenters. The Balaban J connectivity index is 0.000000293. The summed E-state index contributed by atoms with van der Waals surface area (Å²) in [5.41, 5.74) is 5.67. The van der Waals surface area contributed by atoms with Crippen molar-refractivity contribution in [1.82, 2.24) is 20.1 Å². The molecule has 0 aliphatic carbocycles. The first-order chi connectivity index (χ1) is 15.0. The van der Waals surface area contributed by atoms with E-state index >= 15 is 0 Å². The minimum Gasteiger partial charge on any atom is -0.481 e. The molecule has 1 aliphatic heterocycles. The van der Waals surface area contributed by atoms with Crippen LogP contribution in [0.2, 0.25) is 5.02 Å². The Hall–Kier alpha value is -3.23. The third-order valence-electron chi connectivity index (χ3n) is 4.82. The molecule has 3 N–H and O–H groups in total. The third kappa shape index (κ3) is 5.90. The second-order valence-corrected chi connectivity index (χ2v) is 7.35. The number of carboxylic acid groups (broad SMARTS) is 2. The molecule has 1 aromatic carbocycles. The van der Waals surface area contributed by atoms with E-state index in [-0.39, 0.29) is 12.8 Å². The van der Waals surface area contributed by atoms with Gasteiger partial charge in [-0.25, -0.2) is 4.68 Å². The van der Waals surface area contributed by atoms with Crippen molar-refractivity contribution in [1.29, 1.82) is 0 Å². The van der Waals surface area contributed by atoms with Crippen molar-refractivity contribution in [3.8, 4) is 16.9 Å². The van der Waals surface area contributed by atoms with Gasteiger partial charge in [0.25, 0.3) is 0 Å². The van der Waals surface area contributed by atoms with Crippen LogP contribution in [0.15, 0.2) is 48.9 Å². The van der Waals surface area contributed by atoms with E-state index in [2.05, 4.69) is 21.5 Å². The molecule has 3 heterocycles. The summed E-state index contributed by atoms with van der Waals surface area (Å²) in [5, 5.41) is 24.5. The first-order valence-corrected chi connectivity index (χ1v) is 10.2. The number of nitrogens with one attached hydrogen (secondary N) is 1. The number of carbonyl (C=O) groups is 2. The van der Waals surface area contributed by atoms with E-state index < -0.39 is 11.9 Å². The number of fused-ring (bicyclic) bond motifs is 1. The maximum atomic E-state index is 9.64. The number of benzene rings is 1. The van der Waals surface area contributed by atoms with Crippen molar-refractivity contribution in [3.05, 3.63) is 65.1 Å². The molecule has 3 aromatic rings. The molecule has 4 rings (SSSR count). The van der Waals surface area contributed by atoms with Crippen molar-refractivity contribution >= 4 is 23.5 Å². The molecule has 0 fully saturated rings. The largest absolute Gasteiger partial charge is 0.481 e. The Kier molecular flexibility index (Phi) is 7.75. The molecular formula is C22H23ClN4O4. The Morgan fingerprint density at radius 3 is 2.45 bits per heavy atom. The van der Waals surface area contributed by atoms with Crippen LogP contribution in [-0.4, -0.2) is 50.0 Å². The number of nitrogens with zero attached hydrogens (tertiary/aromatic N) is 3. The molecule has 1 aliphatic rings. The highest BCUT2D eigenvalue weighted by Gasteiger charge is 2.19. The quantitative estimate of drug-likeness (QED) is 0.555. The first-order valence-electron chi connectivity index (χ1n) is 9.86. The zero-order chi connectivity index (χ0) is 22.2. The number of hydrogen-bond acceptors (Lipinski definition) is 5. The van der Waals surface area contributed by atoms with Crippen molar-refractivity contribution in [2.24, 2.45) is 0 Å². The van der Waals surface area contributed by atoms with Crippen LogP contribution < -0.4 is 5.32 Å². The summed E-state index contributed by atoms with van der Waals surface area (Å²) in [4.78, 5) is 23.5. The molecule has 9 heteroatoms. The number of halogens is 1. The first kappa shape index (κ1) is 22.5. The fourth-order valence-corrected chi connectivity index (χ4v) is 3.64. The van der Waals surface area contributed by atoms with E-state index in [1.807, 2.05) is 41.3 Å². The molecule has 0 atom stereocenters. The van der Waals surface area contributed by atoms with Crippen LogP contribution in [0.4, 0.5) is 0 Å². The van der Waals surface area contributed by atoms with Crippen LogP contribution in [-0.2, 0) is 22.4 Å². The fourth-order valence-electron chi connectivity index (χ4n) is 3.38. The summed E-state index contributed by atoms with van der Waals surface area (Å²) in [6, 6.07) is 10.1. The van der Waals surface area contributed by atoms with Gasteiger partial charge in [-0.15, -0.1) is 0 Å². The molecule has 0 spiro atoms. The lowest BCUT2D eigenvalue weighted by atomic mass is 10.0. The van der Waals surface area contributed by atoms with Crippen LogP contribution in [0.1, 0.15) is 24.0 Å². The van der Waals surface area contributed by atoms with E-state index in [9.17, 15) is 9.59 Å². The van der Waals surface area contributed by atoms with E-state index in [1.165, 1.54) is 11.1 Å². The van der Waals surface area contributed by atoms with Gasteiger partial charge in [-0.05, 0) is 61.3 Å². The van der Waals surface area contributed by atoms with Gasteiger partial charge in [0.2, 0.25) is 0 Å². The van der Waals surface area contributed by atoms with Crippen molar-refractivity contribution in [2.75, 3.05) is 13.1 Å². The third-order valence-corrected chi connectivity index (χ3v) is 5.12. The average Bonchev–Trinajstić information content (AvgIpc) is 3.11. The summed E-state index contributed by atoms with van der Waals surface area (Å²) >= 11 is 6.57. The minimum absolute atomic E-state index is 0.296. The molecule has 8 nitrogen and oxygen atoms in total. The zero-order valence-corrected chi connectivity index (χ0v) is 17.5. The zero-order valence-electron chi connectivity index (χ0n) is 16.8. The lowest BCUT2D eigenvalue weighted by molar-refractivity contribution is -0.143. The van der Waals surface area contributed by atoms with Crippen LogP contribution >= 0.6 is 11.6 Å². The van der Waals surface area contributed by atoms with Gasteiger partial charge in [0.1, 0.15) is 0 Å². The van der Waals surface area contributed by atoms with Gasteiger partial charge in [-0.3, -0.25) is 14.6 Å². The minimum atomic E-state index is -1.08. The summed E-state index contributed by atoms with van der Waals surface area (Å²) < 4.78 is 1.95. The molecule has 162 valence electrons. The van der Waals surface area contributed by atoms with Gasteiger partial charge in [0.15, 0.2) is 0 Å². The summed E-state index contributed by atoms with van der Waals surface area (Å²) in [6.07, 6.45) is 6.82. The van der Waals surface area contributed by atoms with Crippen LogP contribution in [0.25, 0.3) is 16.9 Å². The maximum Gasteiger partial charge on any atom is 0.303 e. The fraction of sp³-hybridized carbons (Fsp3) is 0.273. The monoisotopic (exact) mass is 442 g/mol. The molecule has 2 aromatic heterocycles. The molecule has 0 amide bonds. The number of carboxylic acids is 2. The molecule has 31 heavy (non-hydrogen) atoms. The Bertz CT molecular complexity index is 1040. The lowest BCUT2D eigenvalue weighted by Crippen LogP contribution is -2.16. The summed E-state index contributed by atoms with van der Waals surface area (Å²) in [5.74, 6) is -2.15. The number of aliphatic carboxylic acids is 2. The highest BCUT2D eigenvalue weighted by molar-refractivity contribution is 6.32. The topological polar surface area (TPSA) is 117 Å². The molecular weight excluding hydrogens is 420 g/mol. The Morgan fingerprint density at radius 2 is 1.77 bits per heavy atom. The molecule has 0 bridgehead atoms. The molecule has 0 saturated carbocycles. The van der Waals surface area contributed by atoms with Crippen molar-refractivity contribution < 1.29 is 19.8 Å². The van der Waals surface area contributed by atoms with Gasteiger partial charge in [0, 0.05) is 18.0 Å². The maximum absolute atomic E-state index is 9.64. The van der Waals surface area contributed by atoms with E-state index in [1.54, 1.807) is 6.20 Å². The van der Waals surface area contributed by atoms with Crippen molar-refractivity contribution in [3.63, 3.8) is 0 Å². The smallest absolute Gasteiger partial charge is 0.303 e. The summed E-state index contributed by atoms with van der Waals surface area (Å²) in [7, 11) is 0. The van der Waals surface area contributed by atoms with E-state index in [4.69, 9.17) is 21.8 Å². The molecule has 0 radical (unpaired) electrons. The number of pyridine rings is 1. The highest BCUT2D eigenvalue weighted by Crippen LogP contribution is 2.32.